The summed E-state index contributed by atoms with van der Waals surface area (Å²) in [6, 6.07) is 0. The molecule has 1 aliphatic heterocycles. The van der Waals surface area contributed by atoms with Gasteiger partial charge in [-0.2, -0.15) is 0 Å². The van der Waals surface area contributed by atoms with Crippen molar-refractivity contribution >= 4 is 5.84 Å². The van der Waals surface area contributed by atoms with Crippen LogP contribution in [-0.2, 0) is 4.74 Å². The lowest BCUT2D eigenvalue weighted by Crippen LogP contribution is -2.59. The molecule has 1 fully saturated rings. The number of nitrogens with zero attached hydrogens (tertiary/aromatic N) is 3. The molecule has 0 radical (unpaired) electrons. The van der Waals surface area contributed by atoms with Crippen LogP contribution in [0.3, 0.4) is 0 Å². The van der Waals surface area contributed by atoms with Crippen LogP contribution in [0.5, 0.6) is 0 Å². The zero-order valence-corrected chi connectivity index (χ0v) is 13.1. The van der Waals surface area contributed by atoms with Crippen molar-refractivity contribution in [1.82, 2.24) is 9.80 Å². The summed E-state index contributed by atoms with van der Waals surface area (Å²) < 4.78 is 5.60. The molecular formula is C14H30N4O2. The highest BCUT2D eigenvalue weighted by molar-refractivity contribution is 5.88. The minimum Gasteiger partial charge on any atom is -0.409 e. The van der Waals surface area contributed by atoms with Crippen LogP contribution in [0.2, 0.25) is 0 Å². The summed E-state index contributed by atoms with van der Waals surface area (Å²) in [4.78, 5) is 4.67. The van der Waals surface area contributed by atoms with E-state index in [2.05, 4.69) is 21.9 Å². The van der Waals surface area contributed by atoms with Crippen LogP contribution < -0.4 is 5.73 Å². The van der Waals surface area contributed by atoms with Gasteiger partial charge in [0.1, 0.15) is 0 Å². The van der Waals surface area contributed by atoms with Gasteiger partial charge in [0.25, 0.3) is 0 Å². The van der Waals surface area contributed by atoms with Crippen LogP contribution in [0.15, 0.2) is 5.16 Å². The Morgan fingerprint density at radius 3 is 2.45 bits per heavy atom. The molecule has 0 atom stereocenters. The maximum absolute atomic E-state index is 8.85. The quantitative estimate of drug-likeness (QED) is 0.228. The third-order valence-corrected chi connectivity index (χ3v) is 4.09. The normalized spacial score (nSPS) is 19.4. The van der Waals surface area contributed by atoms with Crippen LogP contribution in [0.4, 0.5) is 0 Å². The van der Waals surface area contributed by atoms with E-state index in [9.17, 15) is 0 Å². The molecule has 1 aliphatic rings. The van der Waals surface area contributed by atoms with E-state index in [1.165, 1.54) is 6.42 Å². The molecule has 6 nitrogen and oxygen atoms in total. The largest absolute Gasteiger partial charge is 0.409 e. The zero-order chi connectivity index (χ0) is 15.0. The highest BCUT2D eigenvalue weighted by atomic mass is 16.5. The first-order valence-electron chi connectivity index (χ1n) is 7.55. The molecule has 1 rings (SSSR count). The molecule has 6 heteroatoms. The highest BCUT2D eigenvalue weighted by Crippen LogP contribution is 2.17. The van der Waals surface area contributed by atoms with E-state index in [-0.39, 0.29) is 5.84 Å². The highest BCUT2D eigenvalue weighted by Gasteiger charge is 2.33. The fourth-order valence-corrected chi connectivity index (χ4v) is 2.36. The number of nitrogens with two attached hydrogens (primary N) is 1. The van der Waals surface area contributed by atoms with Crippen LogP contribution in [0.1, 0.15) is 33.6 Å². The topological polar surface area (TPSA) is 74.3 Å². The van der Waals surface area contributed by atoms with Gasteiger partial charge in [0.2, 0.25) is 0 Å². The van der Waals surface area contributed by atoms with Crippen molar-refractivity contribution in [3.8, 4) is 0 Å². The first-order valence-corrected chi connectivity index (χ1v) is 7.55. The Kier molecular flexibility index (Phi) is 7.26. The molecule has 1 saturated heterocycles. The maximum atomic E-state index is 8.85. The van der Waals surface area contributed by atoms with Crippen LogP contribution >= 0.6 is 0 Å². The van der Waals surface area contributed by atoms with Gasteiger partial charge in [-0.1, -0.05) is 18.5 Å². The minimum atomic E-state index is -0.390. The average molecular weight is 286 g/mol. The number of hydrogen-bond donors (Lipinski definition) is 2. The van der Waals surface area contributed by atoms with Crippen molar-refractivity contribution < 1.29 is 9.94 Å². The number of amidine groups is 1. The lowest BCUT2D eigenvalue weighted by molar-refractivity contribution is 0.0537. The molecule has 0 aromatic heterocycles. The van der Waals surface area contributed by atoms with Crippen molar-refractivity contribution in [3.05, 3.63) is 0 Å². The first-order chi connectivity index (χ1) is 9.52. The smallest absolute Gasteiger partial charge is 0.159 e. The van der Waals surface area contributed by atoms with Crippen molar-refractivity contribution in [2.24, 2.45) is 10.9 Å². The van der Waals surface area contributed by atoms with Gasteiger partial charge in [0.15, 0.2) is 5.84 Å². The summed E-state index contributed by atoms with van der Waals surface area (Å²) in [6.07, 6.45) is 2.32. The van der Waals surface area contributed by atoms with Gasteiger partial charge in [-0.05, 0) is 20.3 Å². The third-order valence-electron chi connectivity index (χ3n) is 4.09. The second kappa shape index (κ2) is 8.44. The SMILES string of the molecule is CCCCOCCN1CCN(C(C)(C)C(N)=NO)CC1. The molecule has 0 spiro atoms. The predicted molar refractivity (Wildman–Crippen MR) is 81.2 cm³/mol. The summed E-state index contributed by atoms with van der Waals surface area (Å²) >= 11 is 0. The van der Waals surface area contributed by atoms with Gasteiger partial charge in [-0.3, -0.25) is 9.80 Å². The molecule has 0 bridgehead atoms. The zero-order valence-electron chi connectivity index (χ0n) is 13.1. The molecule has 0 unspecified atom stereocenters. The van der Waals surface area contributed by atoms with E-state index < -0.39 is 5.54 Å². The van der Waals surface area contributed by atoms with E-state index >= 15 is 0 Å². The molecule has 0 aromatic carbocycles. The van der Waals surface area contributed by atoms with E-state index in [1.54, 1.807) is 0 Å². The minimum absolute atomic E-state index is 0.272. The molecule has 0 amide bonds. The van der Waals surface area contributed by atoms with Gasteiger partial charge in [0.05, 0.1) is 12.1 Å². The monoisotopic (exact) mass is 286 g/mol. The molecule has 118 valence electrons. The second-order valence-corrected chi connectivity index (χ2v) is 5.84. The van der Waals surface area contributed by atoms with E-state index in [0.717, 1.165) is 52.4 Å². The van der Waals surface area contributed by atoms with Gasteiger partial charge in [0, 0.05) is 39.3 Å². The number of ether oxygens (including phenoxy) is 1. The van der Waals surface area contributed by atoms with Gasteiger partial charge in [-0.15, -0.1) is 0 Å². The number of piperazine rings is 1. The average Bonchev–Trinajstić information content (AvgIpc) is 2.46. The molecule has 0 saturated carbocycles. The first kappa shape index (κ1) is 17.2. The summed E-state index contributed by atoms with van der Waals surface area (Å²) in [6.45, 7) is 12.7. The summed E-state index contributed by atoms with van der Waals surface area (Å²) in [5, 5.41) is 12.0. The Morgan fingerprint density at radius 1 is 1.25 bits per heavy atom. The molecule has 0 aromatic rings. The Balaban J connectivity index is 2.26. The van der Waals surface area contributed by atoms with E-state index in [1.807, 2.05) is 13.8 Å². The molecule has 1 heterocycles. The van der Waals surface area contributed by atoms with Gasteiger partial charge < -0.3 is 15.7 Å². The molecule has 0 aliphatic carbocycles. The lowest BCUT2D eigenvalue weighted by Gasteiger charge is -2.43. The lowest BCUT2D eigenvalue weighted by atomic mass is 10.0. The maximum Gasteiger partial charge on any atom is 0.159 e. The fourth-order valence-electron chi connectivity index (χ4n) is 2.36. The van der Waals surface area contributed by atoms with Crippen LogP contribution in [-0.4, -0.2) is 72.3 Å². The Labute approximate surface area is 122 Å². The summed E-state index contributed by atoms with van der Waals surface area (Å²) in [5.41, 5.74) is 5.38. The van der Waals surface area contributed by atoms with Gasteiger partial charge in [-0.25, -0.2) is 0 Å². The fraction of sp³-hybridized carbons (Fsp3) is 0.929. The Morgan fingerprint density at radius 2 is 1.90 bits per heavy atom. The van der Waals surface area contributed by atoms with Crippen molar-refractivity contribution in [2.45, 2.75) is 39.2 Å². The molecular weight excluding hydrogens is 256 g/mol. The van der Waals surface area contributed by atoms with Crippen LogP contribution in [0.25, 0.3) is 0 Å². The predicted octanol–water partition coefficient (Wildman–Crippen LogP) is 0.946. The number of oxime groups is 1. The third kappa shape index (κ3) is 4.92. The summed E-state index contributed by atoms with van der Waals surface area (Å²) in [7, 11) is 0. The van der Waals surface area contributed by atoms with E-state index in [0.29, 0.717) is 0 Å². The Bertz CT molecular complexity index is 300. The number of rotatable bonds is 8. The second-order valence-electron chi connectivity index (χ2n) is 5.84. The van der Waals surface area contributed by atoms with E-state index in [4.69, 9.17) is 15.7 Å². The Hall–Kier alpha value is -0.850. The summed E-state index contributed by atoms with van der Waals surface area (Å²) in [5.74, 6) is 0.272. The van der Waals surface area contributed by atoms with Crippen molar-refractivity contribution in [2.75, 3.05) is 45.9 Å². The van der Waals surface area contributed by atoms with Crippen molar-refractivity contribution in [3.63, 3.8) is 0 Å². The number of unbranched alkanes of at least 4 members (excludes halogenated alkanes) is 1. The standard InChI is InChI=1S/C14H30N4O2/c1-4-5-11-20-12-10-17-6-8-18(9-7-17)14(2,3)13(15)16-19/h19H,4-12H2,1-3H3,(H2,15,16). The molecule has 20 heavy (non-hydrogen) atoms. The van der Waals surface area contributed by atoms with Crippen LogP contribution in [0, 0.1) is 0 Å². The van der Waals surface area contributed by atoms with Gasteiger partial charge >= 0.3 is 0 Å². The van der Waals surface area contributed by atoms with Crippen molar-refractivity contribution in [1.29, 1.82) is 0 Å². The number of hydrogen-bond acceptors (Lipinski definition) is 5. The molecule has 3 N–H and O–H groups in total.